The van der Waals surface area contributed by atoms with E-state index in [-0.39, 0.29) is 0 Å². The SMILES string of the molecule is COCCOCCCOc1c(C)cc(C(N)=S)cc1C. The van der Waals surface area contributed by atoms with Crippen molar-refractivity contribution in [1.29, 1.82) is 0 Å². The molecule has 0 saturated carbocycles. The molecule has 0 spiro atoms. The van der Waals surface area contributed by atoms with Gasteiger partial charge in [-0.05, 0) is 37.1 Å². The largest absolute Gasteiger partial charge is 0.493 e. The molecule has 4 nitrogen and oxygen atoms in total. The Hall–Kier alpha value is -1.17. The molecule has 5 heteroatoms. The number of rotatable bonds is 9. The van der Waals surface area contributed by atoms with E-state index in [2.05, 4.69) is 0 Å². The molecule has 112 valence electrons. The molecule has 0 aliphatic rings. The first-order valence-corrected chi connectivity index (χ1v) is 7.07. The van der Waals surface area contributed by atoms with E-state index in [9.17, 15) is 0 Å². The molecular formula is C15H23NO3S. The normalized spacial score (nSPS) is 10.6. The molecule has 1 rings (SSSR count). The summed E-state index contributed by atoms with van der Waals surface area (Å²) in [6.45, 7) is 6.54. The Morgan fingerprint density at radius 3 is 2.30 bits per heavy atom. The minimum atomic E-state index is 0.411. The van der Waals surface area contributed by atoms with Crippen molar-refractivity contribution >= 4 is 17.2 Å². The van der Waals surface area contributed by atoms with Gasteiger partial charge in [-0.25, -0.2) is 0 Å². The van der Waals surface area contributed by atoms with Crippen LogP contribution in [0.4, 0.5) is 0 Å². The van der Waals surface area contributed by atoms with Crippen LogP contribution in [0.15, 0.2) is 12.1 Å². The van der Waals surface area contributed by atoms with Gasteiger partial charge < -0.3 is 19.9 Å². The molecule has 0 unspecified atom stereocenters. The molecular weight excluding hydrogens is 274 g/mol. The Kier molecular flexibility index (Phi) is 7.51. The van der Waals surface area contributed by atoms with E-state index < -0.39 is 0 Å². The second-order valence-corrected chi connectivity index (χ2v) is 5.05. The van der Waals surface area contributed by atoms with Gasteiger partial charge in [-0.3, -0.25) is 0 Å². The average molecular weight is 297 g/mol. The van der Waals surface area contributed by atoms with Gasteiger partial charge >= 0.3 is 0 Å². The second kappa shape index (κ2) is 8.89. The summed E-state index contributed by atoms with van der Waals surface area (Å²) in [4.78, 5) is 0.411. The smallest absolute Gasteiger partial charge is 0.125 e. The predicted molar refractivity (Wildman–Crippen MR) is 84.6 cm³/mol. The highest BCUT2D eigenvalue weighted by molar-refractivity contribution is 7.80. The Morgan fingerprint density at radius 1 is 1.10 bits per heavy atom. The number of thiocarbonyl (C=S) groups is 1. The van der Waals surface area contributed by atoms with E-state index in [1.54, 1.807) is 7.11 Å². The van der Waals surface area contributed by atoms with E-state index in [0.29, 0.717) is 31.4 Å². The predicted octanol–water partition coefficient (Wildman–Crippen LogP) is 2.37. The molecule has 0 amide bonds. The van der Waals surface area contributed by atoms with Crippen LogP contribution in [-0.2, 0) is 9.47 Å². The number of hydrogen-bond acceptors (Lipinski definition) is 4. The van der Waals surface area contributed by atoms with E-state index in [1.165, 1.54) is 0 Å². The lowest BCUT2D eigenvalue weighted by Gasteiger charge is -2.14. The summed E-state index contributed by atoms with van der Waals surface area (Å²) < 4.78 is 16.1. The minimum Gasteiger partial charge on any atom is -0.493 e. The van der Waals surface area contributed by atoms with Crippen LogP contribution in [0.3, 0.4) is 0 Å². The van der Waals surface area contributed by atoms with Gasteiger partial charge in [0, 0.05) is 25.7 Å². The van der Waals surface area contributed by atoms with Gasteiger partial charge in [-0.15, -0.1) is 0 Å². The van der Waals surface area contributed by atoms with Crippen molar-refractivity contribution in [3.63, 3.8) is 0 Å². The molecule has 20 heavy (non-hydrogen) atoms. The van der Waals surface area contributed by atoms with Crippen molar-refractivity contribution in [3.05, 3.63) is 28.8 Å². The van der Waals surface area contributed by atoms with Crippen LogP contribution >= 0.6 is 12.2 Å². The third kappa shape index (κ3) is 5.45. The lowest BCUT2D eigenvalue weighted by atomic mass is 10.1. The average Bonchev–Trinajstić information content (AvgIpc) is 2.40. The zero-order chi connectivity index (χ0) is 15.0. The van der Waals surface area contributed by atoms with E-state index >= 15 is 0 Å². The van der Waals surface area contributed by atoms with E-state index in [1.807, 2.05) is 26.0 Å². The molecule has 2 N–H and O–H groups in total. The topological polar surface area (TPSA) is 53.7 Å². The first kappa shape index (κ1) is 16.9. The molecule has 0 aliphatic carbocycles. The molecule has 0 radical (unpaired) electrons. The van der Waals surface area contributed by atoms with Crippen molar-refractivity contribution in [2.75, 3.05) is 33.5 Å². The lowest BCUT2D eigenvalue weighted by molar-refractivity contribution is 0.0643. The maximum Gasteiger partial charge on any atom is 0.125 e. The number of methoxy groups -OCH3 is 1. The summed E-state index contributed by atoms with van der Waals surface area (Å²) in [7, 11) is 1.66. The van der Waals surface area contributed by atoms with Gasteiger partial charge in [0.2, 0.25) is 0 Å². The molecule has 0 atom stereocenters. The van der Waals surface area contributed by atoms with Crippen molar-refractivity contribution < 1.29 is 14.2 Å². The van der Waals surface area contributed by atoms with Gasteiger partial charge in [0.1, 0.15) is 10.7 Å². The number of benzene rings is 1. The van der Waals surface area contributed by atoms with Crippen molar-refractivity contribution in [2.24, 2.45) is 5.73 Å². The fraction of sp³-hybridized carbons (Fsp3) is 0.533. The van der Waals surface area contributed by atoms with E-state index in [0.717, 1.165) is 28.9 Å². The van der Waals surface area contributed by atoms with Gasteiger partial charge in [0.25, 0.3) is 0 Å². The first-order valence-electron chi connectivity index (χ1n) is 6.66. The van der Waals surface area contributed by atoms with E-state index in [4.69, 9.17) is 32.2 Å². The Balaban J connectivity index is 2.42. The van der Waals surface area contributed by atoms with Crippen molar-refractivity contribution in [3.8, 4) is 5.75 Å². The highest BCUT2D eigenvalue weighted by atomic mass is 32.1. The fourth-order valence-electron chi connectivity index (χ4n) is 1.90. The van der Waals surface area contributed by atoms with Gasteiger partial charge in [-0.1, -0.05) is 12.2 Å². The third-order valence-corrected chi connectivity index (χ3v) is 3.09. The number of aryl methyl sites for hydroxylation is 2. The summed E-state index contributed by atoms with van der Waals surface area (Å²) in [5.41, 5.74) is 8.62. The summed E-state index contributed by atoms with van der Waals surface area (Å²) in [5.74, 6) is 0.905. The molecule has 0 bridgehead atoms. The quantitative estimate of drug-likeness (QED) is 0.560. The van der Waals surface area contributed by atoms with Crippen LogP contribution in [0, 0.1) is 13.8 Å². The van der Waals surface area contributed by atoms with Gasteiger partial charge in [0.15, 0.2) is 0 Å². The molecule has 1 aromatic carbocycles. The van der Waals surface area contributed by atoms with Gasteiger partial charge in [-0.2, -0.15) is 0 Å². The fourth-order valence-corrected chi connectivity index (χ4v) is 2.02. The van der Waals surface area contributed by atoms with Crippen LogP contribution in [0.25, 0.3) is 0 Å². The Morgan fingerprint density at radius 2 is 1.75 bits per heavy atom. The number of hydrogen-bond donors (Lipinski definition) is 1. The summed E-state index contributed by atoms with van der Waals surface area (Å²) in [6, 6.07) is 3.92. The molecule has 0 aromatic heterocycles. The molecule has 0 heterocycles. The monoisotopic (exact) mass is 297 g/mol. The molecule has 0 aliphatic heterocycles. The standard InChI is InChI=1S/C15H23NO3S/c1-11-9-13(15(16)20)10-12(2)14(11)19-6-4-5-18-8-7-17-3/h9-10H,4-8H2,1-3H3,(H2,16,20). The van der Waals surface area contributed by atoms with Crippen molar-refractivity contribution in [2.45, 2.75) is 20.3 Å². The summed E-state index contributed by atoms with van der Waals surface area (Å²) in [5, 5.41) is 0. The van der Waals surface area contributed by atoms with Crippen LogP contribution < -0.4 is 10.5 Å². The number of ether oxygens (including phenoxy) is 3. The molecule has 0 saturated heterocycles. The summed E-state index contributed by atoms with van der Waals surface area (Å²) in [6.07, 6.45) is 0.847. The lowest BCUT2D eigenvalue weighted by Crippen LogP contribution is -2.11. The van der Waals surface area contributed by atoms with Crippen LogP contribution in [0.2, 0.25) is 0 Å². The molecule has 0 fully saturated rings. The summed E-state index contributed by atoms with van der Waals surface area (Å²) >= 11 is 4.99. The highest BCUT2D eigenvalue weighted by Crippen LogP contribution is 2.25. The Labute approximate surface area is 126 Å². The maximum atomic E-state index is 5.81. The third-order valence-electron chi connectivity index (χ3n) is 2.86. The zero-order valence-electron chi connectivity index (χ0n) is 12.4. The highest BCUT2D eigenvalue weighted by Gasteiger charge is 2.07. The van der Waals surface area contributed by atoms with Crippen LogP contribution in [-0.4, -0.2) is 38.5 Å². The van der Waals surface area contributed by atoms with Crippen molar-refractivity contribution in [1.82, 2.24) is 0 Å². The minimum absolute atomic E-state index is 0.411. The maximum absolute atomic E-state index is 5.81. The molecule has 1 aromatic rings. The van der Waals surface area contributed by atoms with Crippen LogP contribution in [0.1, 0.15) is 23.1 Å². The number of nitrogens with two attached hydrogens (primary N) is 1. The first-order chi connectivity index (χ1) is 9.56. The van der Waals surface area contributed by atoms with Crippen LogP contribution in [0.5, 0.6) is 5.75 Å². The van der Waals surface area contributed by atoms with Gasteiger partial charge in [0.05, 0.1) is 19.8 Å². The zero-order valence-corrected chi connectivity index (χ0v) is 13.2. The Bertz CT molecular complexity index is 426. The second-order valence-electron chi connectivity index (χ2n) is 4.61.